The molecule has 1 aromatic rings. The third-order valence-corrected chi connectivity index (χ3v) is 3.25. The second-order valence-electron chi connectivity index (χ2n) is 5.17. The molecule has 0 amide bonds. The van der Waals surface area contributed by atoms with Crippen molar-refractivity contribution in [1.82, 2.24) is 5.32 Å². The number of aliphatic hydroxyl groups is 1. The van der Waals surface area contributed by atoms with E-state index in [1.54, 1.807) is 12.1 Å². The number of halogens is 2. The highest BCUT2D eigenvalue weighted by Gasteiger charge is 2.34. The van der Waals surface area contributed by atoms with Crippen molar-refractivity contribution in [1.29, 1.82) is 0 Å². The van der Waals surface area contributed by atoms with Gasteiger partial charge < -0.3 is 10.4 Å². The predicted octanol–water partition coefficient (Wildman–Crippen LogP) is 2.81. The van der Waals surface area contributed by atoms with Crippen molar-refractivity contribution in [3.8, 4) is 0 Å². The Balaban J connectivity index is 0.00000144. The van der Waals surface area contributed by atoms with Gasteiger partial charge in [-0.15, -0.1) is 12.4 Å². The maximum absolute atomic E-state index is 12.8. The number of hydrogen-bond donors (Lipinski definition) is 2. The van der Waals surface area contributed by atoms with E-state index in [-0.39, 0.29) is 29.8 Å². The van der Waals surface area contributed by atoms with E-state index in [2.05, 4.69) is 19.2 Å². The van der Waals surface area contributed by atoms with Gasteiger partial charge in [-0.2, -0.15) is 0 Å². The molecule has 0 bridgehead atoms. The summed E-state index contributed by atoms with van der Waals surface area (Å²) >= 11 is 0. The van der Waals surface area contributed by atoms with E-state index >= 15 is 0 Å². The molecular weight excluding hydrogens is 241 g/mol. The molecule has 1 fully saturated rings. The fraction of sp³-hybridized carbons (Fsp3) is 0.538. The van der Waals surface area contributed by atoms with Crippen LogP contribution in [0.1, 0.15) is 38.4 Å². The van der Waals surface area contributed by atoms with Gasteiger partial charge in [0.1, 0.15) is 5.82 Å². The van der Waals surface area contributed by atoms with Crippen LogP contribution >= 0.6 is 12.4 Å². The molecule has 17 heavy (non-hydrogen) atoms. The second kappa shape index (κ2) is 5.34. The number of aliphatic hydroxyl groups excluding tert-OH is 1. The van der Waals surface area contributed by atoms with Gasteiger partial charge in [0.2, 0.25) is 0 Å². The van der Waals surface area contributed by atoms with Crippen LogP contribution in [0.25, 0.3) is 0 Å². The van der Waals surface area contributed by atoms with E-state index in [1.807, 2.05) is 0 Å². The Morgan fingerprint density at radius 3 is 2.41 bits per heavy atom. The Kier molecular flexibility index (Phi) is 4.53. The van der Waals surface area contributed by atoms with Crippen molar-refractivity contribution in [2.24, 2.45) is 0 Å². The first-order valence-corrected chi connectivity index (χ1v) is 5.69. The Bertz CT molecular complexity index is 366. The van der Waals surface area contributed by atoms with Crippen LogP contribution in [-0.2, 0) is 0 Å². The van der Waals surface area contributed by atoms with Crippen LogP contribution < -0.4 is 5.32 Å². The summed E-state index contributed by atoms with van der Waals surface area (Å²) in [6.07, 6.45) is 1.45. The van der Waals surface area contributed by atoms with E-state index in [4.69, 9.17) is 0 Å². The molecule has 1 saturated heterocycles. The lowest BCUT2D eigenvalue weighted by Crippen LogP contribution is -2.40. The van der Waals surface area contributed by atoms with Gasteiger partial charge in [-0.05, 0) is 44.4 Å². The van der Waals surface area contributed by atoms with Crippen LogP contribution in [0.2, 0.25) is 0 Å². The summed E-state index contributed by atoms with van der Waals surface area (Å²) in [5.41, 5.74) is 0.864. The lowest BCUT2D eigenvalue weighted by molar-refractivity contribution is 0.131. The SMILES string of the molecule is CC1(C)CC[C@H]([C@@H](O)c2ccc(F)cc2)N1.Cl. The summed E-state index contributed by atoms with van der Waals surface area (Å²) in [5, 5.41) is 13.6. The smallest absolute Gasteiger partial charge is 0.123 e. The van der Waals surface area contributed by atoms with E-state index < -0.39 is 6.10 Å². The highest BCUT2D eigenvalue weighted by Crippen LogP contribution is 2.30. The zero-order valence-electron chi connectivity index (χ0n) is 10.1. The van der Waals surface area contributed by atoms with E-state index in [0.29, 0.717) is 0 Å². The average Bonchev–Trinajstić information content (AvgIpc) is 2.59. The molecule has 1 aliphatic heterocycles. The maximum Gasteiger partial charge on any atom is 0.123 e. The van der Waals surface area contributed by atoms with Crippen molar-refractivity contribution in [2.45, 2.75) is 44.4 Å². The summed E-state index contributed by atoms with van der Waals surface area (Å²) in [4.78, 5) is 0. The van der Waals surface area contributed by atoms with Crippen LogP contribution in [-0.4, -0.2) is 16.7 Å². The Morgan fingerprint density at radius 1 is 1.35 bits per heavy atom. The molecule has 0 aliphatic carbocycles. The predicted molar refractivity (Wildman–Crippen MR) is 68.8 cm³/mol. The van der Waals surface area contributed by atoms with Gasteiger partial charge in [-0.1, -0.05) is 12.1 Å². The molecule has 4 heteroatoms. The zero-order valence-corrected chi connectivity index (χ0v) is 10.9. The van der Waals surface area contributed by atoms with Crippen LogP contribution in [0.15, 0.2) is 24.3 Å². The second-order valence-corrected chi connectivity index (χ2v) is 5.17. The number of benzene rings is 1. The fourth-order valence-corrected chi connectivity index (χ4v) is 2.29. The topological polar surface area (TPSA) is 32.3 Å². The molecule has 0 radical (unpaired) electrons. The van der Waals surface area contributed by atoms with Crippen molar-refractivity contribution >= 4 is 12.4 Å². The van der Waals surface area contributed by atoms with Gasteiger partial charge in [0.15, 0.2) is 0 Å². The van der Waals surface area contributed by atoms with Crippen LogP contribution in [0.5, 0.6) is 0 Å². The van der Waals surface area contributed by atoms with E-state index in [1.165, 1.54) is 12.1 Å². The highest BCUT2D eigenvalue weighted by molar-refractivity contribution is 5.85. The number of rotatable bonds is 2. The van der Waals surface area contributed by atoms with Crippen molar-refractivity contribution in [2.75, 3.05) is 0 Å². The third-order valence-electron chi connectivity index (χ3n) is 3.25. The maximum atomic E-state index is 12.8. The van der Waals surface area contributed by atoms with Gasteiger partial charge in [0, 0.05) is 11.6 Å². The first-order chi connectivity index (χ1) is 7.48. The number of nitrogens with one attached hydrogen (secondary N) is 1. The third kappa shape index (κ3) is 3.41. The molecule has 1 heterocycles. The van der Waals surface area contributed by atoms with Gasteiger partial charge in [0.25, 0.3) is 0 Å². The molecule has 0 spiro atoms. The van der Waals surface area contributed by atoms with Gasteiger partial charge in [-0.3, -0.25) is 0 Å². The quantitative estimate of drug-likeness (QED) is 0.856. The minimum absolute atomic E-state index is 0. The van der Waals surface area contributed by atoms with Gasteiger partial charge in [-0.25, -0.2) is 4.39 Å². The molecule has 0 aromatic heterocycles. The Morgan fingerprint density at radius 2 is 1.94 bits per heavy atom. The largest absolute Gasteiger partial charge is 0.387 e. The van der Waals surface area contributed by atoms with E-state index in [9.17, 15) is 9.50 Å². The molecule has 2 N–H and O–H groups in total. The first kappa shape index (κ1) is 14.4. The lowest BCUT2D eigenvalue weighted by Gasteiger charge is -2.23. The normalized spacial score (nSPS) is 24.1. The van der Waals surface area contributed by atoms with E-state index in [0.717, 1.165) is 18.4 Å². The standard InChI is InChI=1S/C13H18FNO.ClH/c1-13(2)8-7-11(15-13)12(16)9-3-5-10(14)6-4-9;/h3-6,11-12,15-16H,7-8H2,1-2H3;1H/t11-,12+;/m1./s1. The molecule has 2 rings (SSSR count). The lowest BCUT2D eigenvalue weighted by atomic mass is 10.0. The Hall–Kier alpha value is -0.640. The average molecular weight is 260 g/mol. The summed E-state index contributed by atoms with van der Waals surface area (Å²) < 4.78 is 12.8. The summed E-state index contributed by atoms with van der Waals surface area (Å²) in [6, 6.07) is 6.14. The monoisotopic (exact) mass is 259 g/mol. The first-order valence-electron chi connectivity index (χ1n) is 5.69. The zero-order chi connectivity index (χ0) is 11.8. The number of hydrogen-bond acceptors (Lipinski definition) is 2. The van der Waals surface area contributed by atoms with Crippen LogP contribution in [0, 0.1) is 5.82 Å². The minimum Gasteiger partial charge on any atom is -0.387 e. The van der Waals surface area contributed by atoms with Crippen LogP contribution in [0.4, 0.5) is 4.39 Å². The molecule has 0 unspecified atom stereocenters. The molecule has 2 nitrogen and oxygen atoms in total. The van der Waals surface area contributed by atoms with Gasteiger partial charge in [0.05, 0.1) is 6.10 Å². The van der Waals surface area contributed by atoms with Crippen molar-refractivity contribution in [3.05, 3.63) is 35.6 Å². The molecule has 1 aromatic carbocycles. The minimum atomic E-state index is -0.553. The molecule has 2 atom stereocenters. The molecular formula is C13H19ClFNO. The van der Waals surface area contributed by atoms with Crippen LogP contribution in [0.3, 0.4) is 0 Å². The Labute approximate surface area is 108 Å². The summed E-state index contributed by atoms with van der Waals surface area (Å²) in [7, 11) is 0. The van der Waals surface area contributed by atoms with Gasteiger partial charge >= 0.3 is 0 Å². The fourth-order valence-electron chi connectivity index (χ4n) is 2.29. The molecule has 1 aliphatic rings. The summed E-state index contributed by atoms with van der Waals surface area (Å²) in [5.74, 6) is -0.268. The summed E-state index contributed by atoms with van der Waals surface area (Å²) in [6.45, 7) is 4.26. The van der Waals surface area contributed by atoms with Crippen molar-refractivity contribution in [3.63, 3.8) is 0 Å². The molecule has 0 saturated carbocycles. The molecule has 96 valence electrons. The van der Waals surface area contributed by atoms with Crippen molar-refractivity contribution < 1.29 is 9.50 Å². The highest BCUT2D eigenvalue weighted by atomic mass is 35.5.